The predicted molar refractivity (Wildman–Crippen MR) is 79.6 cm³/mol. The smallest absolute Gasteiger partial charge is 0.308 e. The van der Waals surface area contributed by atoms with Crippen LogP contribution < -0.4 is 0 Å². The van der Waals surface area contributed by atoms with Crippen molar-refractivity contribution in [2.24, 2.45) is 5.92 Å². The van der Waals surface area contributed by atoms with Gasteiger partial charge >= 0.3 is 5.97 Å². The number of hydrogen-bond donors (Lipinski definition) is 1. The number of aryl methyl sites for hydroxylation is 1. The molecule has 0 aromatic carbocycles. The first-order valence-electron chi connectivity index (χ1n) is 7.55. The molecule has 0 radical (unpaired) electrons. The first kappa shape index (κ1) is 15.3. The molecule has 23 heavy (non-hydrogen) atoms. The number of oxazole rings is 1. The summed E-state index contributed by atoms with van der Waals surface area (Å²) < 4.78 is 10.8. The third-order valence-electron chi connectivity index (χ3n) is 4.07. The minimum absolute atomic E-state index is 0.0996. The zero-order chi connectivity index (χ0) is 16.4. The van der Waals surface area contributed by atoms with Gasteiger partial charge in [0.2, 0.25) is 5.91 Å². The molecule has 0 aliphatic carbocycles. The topological polar surface area (TPSA) is 96.8 Å². The van der Waals surface area contributed by atoms with Crippen LogP contribution >= 0.6 is 0 Å². The fourth-order valence-electron chi connectivity index (χ4n) is 2.76. The Morgan fingerprint density at radius 3 is 3.00 bits per heavy atom. The molecule has 1 aliphatic rings. The highest BCUT2D eigenvalue weighted by Crippen LogP contribution is 2.23. The molecule has 3 rings (SSSR count). The summed E-state index contributed by atoms with van der Waals surface area (Å²) in [4.78, 5) is 29.4. The Hall–Kier alpha value is -2.57. The van der Waals surface area contributed by atoms with Crippen LogP contribution in [-0.4, -0.2) is 40.0 Å². The van der Waals surface area contributed by atoms with Crippen LogP contribution in [-0.2, 0) is 16.0 Å². The average molecular weight is 318 g/mol. The van der Waals surface area contributed by atoms with Crippen LogP contribution in [0.25, 0.3) is 11.7 Å². The monoisotopic (exact) mass is 318 g/mol. The highest BCUT2D eigenvalue weighted by molar-refractivity contribution is 5.80. The zero-order valence-electron chi connectivity index (χ0n) is 12.8. The quantitative estimate of drug-likeness (QED) is 0.927. The molecule has 3 heterocycles. The van der Waals surface area contributed by atoms with E-state index in [-0.39, 0.29) is 18.9 Å². The van der Waals surface area contributed by atoms with Crippen LogP contribution in [0, 0.1) is 12.8 Å². The first-order valence-corrected chi connectivity index (χ1v) is 7.55. The summed E-state index contributed by atoms with van der Waals surface area (Å²) >= 11 is 0. The molecular formula is C16H18N2O5. The number of carbonyl (C=O) groups is 2. The molecule has 7 nitrogen and oxygen atoms in total. The summed E-state index contributed by atoms with van der Waals surface area (Å²) in [7, 11) is 0. The third kappa shape index (κ3) is 3.28. The Balaban J connectivity index is 1.69. The largest absolute Gasteiger partial charge is 0.481 e. The molecular weight excluding hydrogens is 300 g/mol. The van der Waals surface area contributed by atoms with Crippen LogP contribution in [0.4, 0.5) is 0 Å². The van der Waals surface area contributed by atoms with Gasteiger partial charge in [-0.25, -0.2) is 4.98 Å². The van der Waals surface area contributed by atoms with E-state index in [1.54, 1.807) is 24.0 Å². The maximum absolute atomic E-state index is 12.4. The van der Waals surface area contributed by atoms with Crippen molar-refractivity contribution in [3.05, 3.63) is 29.9 Å². The molecule has 0 unspecified atom stereocenters. The van der Waals surface area contributed by atoms with Crippen molar-refractivity contribution >= 4 is 11.9 Å². The molecule has 122 valence electrons. The lowest BCUT2D eigenvalue weighted by Crippen LogP contribution is -2.43. The Morgan fingerprint density at radius 1 is 1.48 bits per heavy atom. The van der Waals surface area contributed by atoms with Crippen molar-refractivity contribution in [1.82, 2.24) is 9.88 Å². The van der Waals surface area contributed by atoms with E-state index in [2.05, 4.69) is 4.98 Å². The van der Waals surface area contributed by atoms with Gasteiger partial charge < -0.3 is 18.8 Å². The van der Waals surface area contributed by atoms with Gasteiger partial charge in [0.25, 0.3) is 5.89 Å². The fraction of sp³-hybridized carbons (Fsp3) is 0.438. The van der Waals surface area contributed by atoms with Gasteiger partial charge in [-0.1, -0.05) is 0 Å². The normalized spacial score (nSPS) is 18.1. The lowest BCUT2D eigenvalue weighted by atomic mass is 9.98. The molecule has 2 aromatic heterocycles. The van der Waals surface area contributed by atoms with E-state index in [4.69, 9.17) is 13.9 Å². The van der Waals surface area contributed by atoms with Gasteiger partial charge in [0.15, 0.2) is 5.76 Å². The Bertz CT molecular complexity index is 704. The van der Waals surface area contributed by atoms with Gasteiger partial charge in [0, 0.05) is 13.1 Å². The summed E-state index contributed by atoms with van der Waals surface area (Å²) in [6.07, 6.45) is 2.95. The molecule has 0 bridgehead atoms. The third-order valence-corrected chi connectivity index (χ3v) is 4.07. The van der Waals surface area contributed by atoms with E-state index >= 15 is 0 Å². The molecule has 1 N–H and O–H groups in total. The number of furan rings is 1. The van der Waals surface area contributed by atoms with Crippen LogP contribution in [0.1, 0.15) is 24.3 Å². The molecule has 1 atom stereocenters. The van der Waals surface area contributed by atoms with Crippen LogP contribution in [0.2, 0.25) is 0 Å². The van der Waals surface area contributed by atoms with Crippen LogP contribution in [0.5, 0.6) is 0 Å². The van der Waals surface area contributed by atoms with E-state index in [9.17, 15) is 9.59 Å². The number of carboxylic acids is 1. The standard InChI is InChI=1S/C16H18N2O5/c1-10-12(17-15(23-10)13-5-3-7-22-13)8-14(19)18-6-2-4-11(9-18)16(20)21/h3,5,7,11H,2,4,6,8-9H2,1H3,(H,20,21)/t11-/m1/s1. The minimum atomic E-state index is -0.847. The maximum atomic E-state index is 12.4. The molecule has 0 spiro atoms. The van der Waals surface area contributed by atoms with Gasteiger partial charge in [-0.3, -0.25) is 9.59 Å². The lowest BCUT2D eigenvalue weighted by molar-refractivity contribution is -0.145. The predicted octanol–water partition coefficient (Wildman–Crippen LogP) is 2.11. The molecule has 1 aliphatic heterocycles. The van der Waals surface area contributed by atoms with E-state index < -0.39 is 11.9 Å². The van der Waals surface area contributed by atoms with Gasteiger partial charge in [0.1, 0.15) is 5.76 Å². The summed E-state index contributed by atoms with van der Waals surface area (Å²) in [5.74, 6) is -0.0343. The van der Waals surface area contributed by atoms with E-state index in [0.29, 0.717) is 42.5 Å². The first-order chi connectivity index (χ1) is 11.0. The Morgan fingerprint density at radius 2 is 2.30 bits per heavy atom. The number of likely N-dealkylation sites (tertiary alicyclic amines) is 1. The van der Waals surface area contributed by atoms with E-state index in [1.165, 1.54) is 6.26 Å². The second-order valence-electron chi connectivity index (χ2n) is 5.69. The van der Waals surface area contributed by atoms with Crippen molar-refractivity contribution in [2.45, 2.75) is 26.2 Å². The Kier molecular flexibility index (Phi) is 4.18. The number of carboxylic acid groups (broad SMARTS) is 1. The Labute approximate surface area is 132 Å². The summed E-state index contributed by atoms with van der Waals surface area (Å²) in [5.41, 5.74) is 0.554. The molecule has 7 heteroatoms. The summed E-state index contributed by atoms with van der Waals surface area (Å²) in [5, 5.41) is 9.10. The fourth-order valence-corrected chi connectivity index (χ4v) is 2.76. The van der Waals surface area contributed by atoms with Crippen molar-refractivity contribution in [3.8, 4) is 11.7 Å². The number of aromatic nitrogens is 1. The van der Waals surface area contributed by atoms with Crippen molar-refractivity contribution in [3.63, 3.8) is 0 Å². The van der Waals surface area contributed by atoms with Gasteiger partial charge in [-0.15, -0.1) is 0 Å². The lowest BCUT2D eigenvalue weighted by Gasteiger charge is -2.30. The molecule has 1 saturated heterocycles. The van der Waals surface area contributed by atoms with Crippen LogP contribution in [0.3, 0.4) is 0 Å². The highest BCUT2D eigenvalue weighted by atomic mass is 16.4. The van der Waals surface area contributed by atoms with Gasteiger partial charge in [-0.05, 0) is 31.9 Å². The molecule has 2 aromatic rings. The number of piperidine rings is 1. The number of aliphatic carboxylic acids is 1. The van der Waals surface area contributed by atoms with E-state index in [1.807, 2.05) is 0 Å². The second kappa shape index (κ2) is 6.28. The van der Waals surface area contributed by atoms with Crippen molar-refractivity contribution in [2.75, 3.05) is 13.1 Å². The average Bonchev–Trinajstić information content (AvgIpc) is 3.18. The van der Waals surface area contributed by atoms with Crippen LogP contribution in [0.15, 0.2) is 27.2 Å². The summed E-state index contributed by atoms with van der Waals surface area (Å²) in [6, 6.07) is 3.47. The van der Waals surface area contributed by atoms with Crippen molar-refractivity contribution in [1.29, 1.82) is 0 Å². The SMILES string of the molecule is Cc1oc(-c2ccco2)nc1CC(=O)N1CCC[C@@H](C(=O)O)C1. The molecule has 1 amide bonds. The summed E-state index contributed by atoms with van der Waals surface area (Å²) in [6.45, 7) is 2.60. The maximum Gasteiger partial charge on any atom is 0.308 e. The highest BCUT2D eigenvalue weighted by Gasteiger charge is 2.29. The number of rotatable bonds is 4. The van der Waals surface area contributed by atoms with Crippen molar-refractivity contribution < 1.29 is 23.5 Å². The second-order valence-corrected chi connectivity index (χ2v) is 5.69. The van der Waals surface area contributed by atoms with E-state index in [0.717, 1.165) is 0 Å². The molecule has 0 saturated carbocycles. The number of amides is 1. The number of carbonyl (C=O) groups excluding carboxylic acids is 1. The minimum Gasteiger partial charge on any atom is -0.481 e. The number of hydrogen-bond acceptors (Lipinski definition) is 5. The van der Waals surface area contributed by atoms with Gasteiger partial charge in [0.05, 0.1) is 24.3 Å². The number of nitrogens with zero attached hydrogens (tertiary/aromatic N) is 2. The zero-order valence-corrected chi connectivity index (χ0v) is 12.8. The van der Waals surface area contributed by atoms with Gasteiger partial charge in [-0.2, -0.15) is 0 Å². The molecule has 1 fully saturated rings.